The van der Waals surface area contributed by atoms with E-state index in [2.05, 4.69) is 4.98 Å². The lowest BCUT2D eigenvalue weighted by Gasteiger charge is -2.15. The number of hydrogen-bond donors (Lipinski definition) is 1. The molecule has 1 heterocycles. The normalized spacial score (nSPS) is 12.2. The lowest BCUT2D eigenvalue weighted by atomic mass is 10.1. The molecule has 4 nitrogen and oxygen atoms in total. The van der Waals surface area contributed by atoms with Gasteiger partial charge >= 0.3 is 0 Å². The Morgan fingerprint density at radius 1 is 1.28 bits per heavy atom. The van der Waals surface area contributed by atoms with E-state index in [0.717, 1.165) is 26.9 Å². The van der Waals surface area contributed by atoms with Crippen LogP contribution in [0.5, 0.6) is 11.5 Å². The number of rotatable bonds is 4. The van der Waals surface area contributed by atoms with E-state index < -0.39 is 0 Å². The van der Waals surface area contributed by atoms with Crippen LogP contribution in [0.15, 0.2) is 24.4 Å². The average Bonchev–Trinajstić information content (AvgIpc) is 2.83. The van der Waals surface area contributed by atoms with Gasteiger partial charge in [0.2, 0.25) is 0 Å². The second kappa shape index (κ2) is 5.37. The minimum absolute atomic E-state index is 0.249. The Morgan fingerprint density at radius 3 is 2.61 bits per heavy atom. The van der Waals surface area contributed by atoms with E-state index in [-0.39, 0.29) is 6.04 Å². The molecular weight excluding hydrogens is 248 g/mol. The minimum atomic E-state index is -0.249. The summed E-state index contributed by atoms with van der Waals surface area (Å²) in [6, 6.07) is 5.37. The molecule has 0 bridgehead atoms. The Kier molecular flexibility index (Phi) is 3.84. The first-order valence-corrected chi connectivity index (χ1v) is 6.37. The van der Waals surface area contributed by atoms with Crippen LogP contribution in [0.4, 0.5) is 0 Å². The SMILES string of the molecule is COc1ccc(OC)c(C(N)c2cnc(C)s2)c1. The van der Waals surface area contributed by atoms with Crippen LogP contribution in [-0.2, 0) is 0 Å². The van der Waals surface area contributed by atoms with Crippen LogP contribution in [0.3, 0.4) is 0 Å². The topological polar surface area (TPSA) is 57.4 Å². The van der Waals surface area contributed by atoms with E-state index >= 15 is 0 Å². The van der Waals surface area contributed by atoms with Gasteiger partial charge in [-0.3, -0.25) is 0 Å². The van der Waals surface area contributed by atoms with E-state index in [4.69, 9.17) is 15.2 Å². The van der Waals surface area contributed by atoms with Crippen molar-refractivity contribution in [2.75, 3.05) is 14.2 Å². The Morgan fingerprint density at radius 2 is 2.06 bits per heavy atom. The maximum absolute atomic E-state index is 6.26. The maximum atomic E-state index is 6.26. The molecule has 18 heavy (non-hydrogen) atoms. The van der Waals surface area contributed by atoms with Gasteiger partial charge in [-0.2, -0.15) is 0 Å². The zero-order valence-electron chi connectivity index (χ0n) is 10.6. The lowest BCUT2D eigenvalue weighted by Crippen LogP contribution is -2.11. The standard InChI is InChI=1S/C13H16N2O2S/c1-8-15-7-12(18-8)13(14)10-6-9(16-2)4-5-11(10)17-3/h4-7,13H,14H2,1-3H3. The Hall–Kier alpha value is -1.59. The number of aryl methyl sites for hydroxylation is 1. The third-order valence-corrected chi connectivity index (χ3v) is 3.71. The number of nitrogens with zero attached hydrogens (tertiary/aromatic N) is 1. The van der Waals surface area contributed by atoms with Gasteiger partial charge in [0.05, 0.1) is 25.3 Å². The molecule has 0 aliphatic rings. The van der Waals surface area contributed by atoms with Crippen LogP contribution in [0.1, 0.15) is 21.5 Å². The second-order valence-electron chi connectivity index (χ2n) is 3.87. The molecule has 0 amide bonds. The van der Waals surface area contributed by atoms with E-state index in [1.807, 2.05) is 31.3 Å². The highest BCUT2D eigenvalue weighted by molar-refractivity contribution is 7.11. The minimum Gasteiger partial charge on any atom is -0.497 e. The fraction of sp³-hybridized carbons (Fsp3) is 0.308. The van der Waals surface area contributed by atoms with E-state index in [0.29, 0.717) is 0 Å². The summed E-state index contributed by atoms with van der Waals surface area (Å²) in [6.07, 6.45) is 1.81. The number of thiazole rings is 1. The van der Waals surface area contributed by atoms with Crippen LogP contribution in [0.25, 0.3) is 0 Å². The summed E-state index contributed by atoms with van der Waals surface area (Å²) in [6.45, 7) is 1.96. The molecule has 2 rings (SSSR count). The third kappa shape index (κ3) is 2.47. The summed E-state index contributed by atoms with van der Waals surface area (Å²) in [5.74, 6) is 1.52. The number of aromatic nitrogens is 1. The third-order valence-electron chi connectivity index (χ3n) is 2.72. The Bertz CT molecular complexity index is 540. The zero-order chi connectivity index (χ0) is 13.1. The smallest absolute Gasteiger partial charge is 0.124 e. The largest absolute Gasteiger partial charge is 0.497 e. The van der Waals surface area contributed by atoms with Crippen molar-refractivity contribution in [3.8, 4) is 11.5 Å². The molecule has 2 N–H and O–H groups in total. The summed E-state index contributed by atoms with van der Waals surface area (Å²) in [7, 11) is 3.27. The van der Waals surface area contributed by atoms with Gasteiger partial charge in [0.1, 0.15) is 11.5 Å². The van der Waals surface area contributed by atoms with E-state index in [9.17, 15) is 0 Å². The number of ether oxygens (including phenoxy) is 2. The fourth-order valence-corrected chi connectivity index (χ4v) is 2.56. The van der Waals surface area contributed by atoms with Gasteiger partial charge in [-0.1, -0.05) is 0 Å². The maximum Gasteiger partial charge on any atom is 0.124 e. The number of methoxy groups -OCH3 is 2. The monoisotopic (exact) mass is 264 g/mol. The van der Waals surface area contributed by atoms with Crippen LogP contribution in [0.2, 0.25) is 0 Å². The highest BCUT2D eigenvalue weighted by Gasteiger charge is 2.17. The number of hydrogen-bond acceptors (Lipinski definition) is 5. The summed E-state index contributed by atoms with van der Waals surface area (Å²) in [4.78, 5) is 5.24. The van der Waals surface area contributed by atoms with Gasteiger partial charge in [0, 0.05) is 16.6 Å². The molecule has 0 aliphatic carbocycles. The van der Waals surface area contributed by atoms with Crippen LogP contribution >= 0.6 is 11.3 Å². The predicted molar refractivity (Wildman–Crippen MR) is 72.4 cm³/mol. The second-order valence-corrected chi connectivity index (χ2v) is 5.13. The van der Waals surface area contributed by atoms with Crippen molar-refractivity contribution in [1.82, 2.24) is 4.98 Å². The Balaban J connectivity index is 2.41. The summed E-state index contributed by atoms with van der Waals surface area (Å²) < 4.78 is 10.6. The molecule has 0 saturated carbocycles. The summed E-state index contributed by atoms with van der Waals surface area (Å²) in [5.41, 5.74) is 7.17. The van der Waals surface area contributed by atoms with Gasteiger partial charge in [-0.05, 0) is 25.1 Å². The molecular formula is C13H16N2O2S. The molecule has 2 aromatic rings. The van der Waals surface area contributed by atoms with Crippen molar-refractivity contribution in [3.05, 3.63) is 39.8 Å². The van der Waals surface area contributed by atoms with E-state index in [1.54, 1.807) is 25.6 Å². The van der Waals surface area contributed by atoms with E-state index in [1.165, 1.54) is 0 Å². The molecule has 0 fully saturated rings. The van der Waals surface area contributed by atoms with Gasteiger partial charge in [-0.15, -0.1) is 11.3 Å². The zero-order valence-corrected chi connectivity index (χ0v) is 11.5. The average molecular weight is 264 g/mol. The molecule has 0 radical (unpaired) electrons. The van der Waals surface area contributed by atoms with Gasteiger partial charge in [0.25, 0.3) is 0 Å². The van der Waals surface area contributed by atoms with Crippen LogP contribution < -0.4 is 15.2 Å². The van der Waals surface area contributed by atoms with Gasteiger partial charge in [0.15, 0.2) is 0 Å². The first kappa shape index (κ1) is 12.9. The fourth-order valence-electron chi connectivity index (χ4n) is 1.76. The molecule has 1 aromatic heterocycles. The first-order chi connectivity index (χ1) is 8.65. The molecule has 96 valence electrons. The van der Waals surface area contributed by atoms with Crippen molar-refractivity contribution in [2.24, 2.45) is 5.73 Å². The van der Waals surface area contributed by atoms with Crippen LogP contribution in [-0.4, -0.2) is 19.2 Å². The number of nitrogens with two attached hydrogens (primary N) is 1. The van der Waals surface area contributed by atoms with Crippen molar-refractivity contribution in [3.63, 3.8) is 0 Å². The first-order valence-electron chi connectivity index (χ1n) is 5.55. The molecule has 0 aliphatic heterocycles. The molecule has 5 heteroatoms. The van der Waals surface area contributed by atoms with Gasteiger partial charge < -0.3 is 15.2 Å². The van der Waals surface area contributed by atoms with Crippen molar-refractivity contribution < 1.29 is 9.47 Å². The van der Waals surface area contributed by atoms with Crippen molar-refractivity contribution >= 4 is 11.3 Å². The quantitative estimate of drug-likeness (QED) is 0.922. The summed E-state index contributed by atoms with van der Waals surface area (Å²) >= 11 is 1.59. The van der Waals surface area contributed by atoms with Gasteiger partial charge in [-0.25, -0.2) is 4.98 Å². The van der Waals surface area contributed by atoms with Crippen molar-refractivity contribution in [2.45, 2.75) is 13.0 Å². The number of benzene rings is 1. The van der Waals surface area contributed by atoms with Crippen LogP contribution in [0, 0.1) is 6.92 Å². The molecule has 0 spiro atoms. The predicted octanol–water partition coefficient (Wildman–Crippen LogP) is 2.52. The van der Waals surface area contributed by atoms with Crippen molar-refractivity contribution in [1.29, 1.82) is 0 Å². The lowest BCUT2D eigenvalue weighted by molar-refractivity contribution is 0.397. The highest BCUT2D eigenvalue weighted by atomic mass is 32.1. The highest BCUT2D eigenvalue weighted by Crippen LogP contribution is 2.33. The molecule has 1 atom stereocenters. The Labute approximate surface area is 110 Å². The summed E-state index contributed by atoms with van der Waals surface area (Å²) in [5, 5.41) is 1.00. The molecule has 1 aromatic carbocycles. The molecule has 1 unspecified atom stereocenters. The molecule has 0 saturated heterocycles.